The van der Waals surface area contributed by atoms with Gasteiger partial charge in [0, 0.05) is 6.42 Å². The van der Waals surface area contributed by atoms with E-state index in [1.807, 2.05) is 94.9 Å². The van der Waals surface area contributed by atoms with Gasteiger partial charge in [-0.25, -0.2) is 5.01 Å². The van der Waals surface area contributed by atoms with Crippen molar-refractivity contribution in [2.24, 2.45) is 5.10 Å². The number of para-hydroxylation sites is 1. The van der Waals surface area contributed by atoms with E-state index in [1.54, 1.807) is 35.6 Å². The van der Waals surface area contributed by atoms with E-state index in [-0.39, 0.29) is 36.8 Å². The van der Waals surface area contributed by atoms with Crippen LogP contribution in [0.25, 0.3) is 0 Å². The van der Waals surface area contributed by atoms with Crippen LogP contribution in [-0.2, 0) is 22.7 Å². The number of nitrogens with one attached hydrogen (secondary N) is 1. The molecule has 5 aromatic rings. The van der Waals surface area contributed by atoms with Gasteiger partial charge in [0.25, 0.3) is 11.8 Å². The fourth-order valence-corrected chi connectivity index (χ4v) is 6.52. The molecular weight excluding hydrogens is 621 g/mol. The Bertz CT molecular complexity index is 1780. The third-order valence-electron chi connectivity index (χ3n) is 7.33. The van der Waals surface area contributed by atoms with Crippen LogP contribution in [0.15, 0.2) is 113 Å². The molecule has 0 saturated carbocycles. The average Bonchev–Trinajstić information content (AvgIpc) is 3.87. The van der Waals surface area contributed by atoms with Crippen molar-refractivity contribution in [2.45, 2.75) is 30.7 Å². The van der Waals surface area contributed by atoms with Gasteiger partial charge in [0.2, 0.25) is 0 Å². The molecule has 6 rings (SSSR count). The van der Waals surface area contributed by atoms with E-state index in [4.69, 9.17) is 14.6 Å². The van der Waals surface area contributed by atoms with Gasteiger partial charge in [0.1, 0.15) is 11.5 Å². The molecule has 0 bridgehead atoms. The smallest absolute Gasteiger partial charge is 0.258 e. The normalized spacial score (nSPS) is 14.2. The zero-order chi connectivity index (χ0) is 31.7. The highest BCUT2D eigenvalue weighted by molar-refractivity contribution is 7.99. The number of hydrazone groups is 1. The van der Waals surface area contributed by atoms with Crippen LogP contribution in [-0.4, -0.2) is 56.8 Å². The molecule has 1 N–H and O–H groups in total. The summed E-state index contributed by atoms with van der Waals surface area (Å²) in [6, 6.07) is 30.6. The molecule has 10 nitrogen and oxygen atoms in total. The minimum Gasteiger partial charge on any atom is -0.497 e. The number of hydrogen-bond donors (Lipinski definition) is 1. The number of nitrogens with zero attached hydrogens (tertiary/aromatic N) is 5. The summed E-state index contributed by atoms with van der Waals surface area (Å²) in [7, 11) is 1.63. The third-order valence-corrected chi connectivity index (χ3v) is 9.20. The quantitative estimate of drug-likeness (QED) is 0.166. The van der Waals surface area contributed by atoms with E-state index in [0.29, 0.717) is 29.7 Å². The lowest BCUT2D eigenvalue weighted by molar-refractivity contribution is -0.130. The minimum atomic E-state index is -0.277. The molecule has 46 heavy (non-hydrogen) atoms. The van der Waals surface area contributed by atoms with Gasteiger partial charge in [-0.05, 0) is 46.8 Å². The van der Waals surface area contributed by atoms with Gasteiger partial charge in [-0.3, -0.25) is 9.59 Å². The van der Waals surface area contributed by atoms with Crippen LogP contribution in [0.2, 0.25) is 0 Å². The summed E-state index contributed by atoms with van der Waals surface area (Å²) >= 11 is 2.91. The lowest BCUT2D eigenvalue weighted by Crippen LogP contribution is -2.30. The number of rotatable bonds is 13. The second-order valence-electron chi connectivity index (χ2n) is 10.4. The first-order chi connectivity index (χ1) is 22.6. The summed E-state index contributed by atoms with van der Waals surface area (Å²) in [4.78, 5) is 27.4. The topological polar surface area (TPSA) is 111 Å². The number of thiophene rings is 1. The van der Waals surface area contributed by atoms with E-state index in [0.717, 1.165) is 27.5 Å². The molecule has 234 valence electrons. The number of carbonyl (C=O) groups excluding carboxylic acids is 2. The number of ether oxygens (including phenoxy) is 2. The Kier molecular flexibility index (Phi) is 10.1. The summed E-state index contributed by atoms with van der Waals surface area (Å²) in [6.07, 6.45) is 0.616. The van der Waals surface area contributed by atoms with Crippen molar-refractivity contribution >= 4 is 40.6 Å². The number of methoxy groups -OCH3 is 1. The van der Waals surface area contributed by atoms with E-state index >= 15 is 0 Å². The predicted molar refractivity (Wildman–Crippen MR) is 178 cm³/mol. The molecule has 1 aliphatic heterocycles. The summed E-state index contributed by atoms with van der Waals surface area (Å²) in [5, 5.41) is 20.6. The van der Waals surface area contributed by atoms with Crippen molar-refractivity contribution in [1.82, 2.24) is 25.1 Å². The van der Waals surface area contributed by atoms with Crippen molar-refractivity contribution in [3.63, 3.8) is 0 Å². The molecule has 2 amide bonds. The number of benzene rings is 3. The molecule has 3 heterocycles. The Morgan fingerprint density at radius 3 is 2.41 bits per heavy atom. The molecule has 0 unspecified atom stereocenters. The molecule has 0 aliphatic carbocycles. The Morgan fingerprint density at radius 1 is 0.935 bits per heavy atom. The molecule has 3 aromatic carbocycles. The maximum atomic E-state index is 13.8. The molecule has 0 spiro atoms. The van der Waals surface area contributed by atoms with Crippen LogP contribution in [0, 0.1) is 0 Å². The van der Waals surface area contributed by atoms with Gasteiger partial charge in [0.15, 0.2) is 17.6 Å². The largest absolute Gasteiger partial charge is 0.497 e. The van der Waals surface area contributed by atoms with Crippen LogP contribution in [0.5, 0.6) is 11.5 Å². The highest BCUT2D eigenvalue weighted by Gasteiger charge is 2.33. The van der Waals surface area contributed by atoms with Crippen LogP contribution in [0.3, 0.4) is 0 Å². The van der Waals surface area contributed by atoms with Crippen LogP contribution >= 0.6 is 23.1 Å². The van der Waals surface area contributed by atoms with Gasteiger partial charge >= 0.3 is 0 Å². The first-order valence-corrected chi connectivity index (χ1v) is 16.5. The van der Waals surface area contributed by atoms with Gasteiger partial charge < -0.3 is 19.4 Å². The Balaban J connectivity index is 1.16. The third kappa shape index (κ3) is 7.64. The van der Waals surface area contributed by atoms with E-state index in [9.17, 15) is 9.59 Å². The number of aromatic nitrogens is 3. The summed E-state index contributed by atoms with van der Waals surface area (Å²) in [5.41, 5.74) is 2.91. The van der Waals surface area contributed by atoms with Crippen molar-refractivity contribution in [3.8, 4) is 11.5 Å². The molecule has 0 radical (unpaired) electrons. The van der Waals surface area contributed by atoms with Crippen LogP contribution in [0.1, 0.15) is 34.3 Å². The van der Waals surface area contributed by atoms with Gasteiger partial charge in [-0.15, -0.1) is 21.5 Å². The molecule has 1 aliphatic rings. The number of thioether (sulfide) groups is 1. The first-order valence-electron chi connectivity index (χ1n) is 14.7. The number of hydrogen-bond acceptors (Lipinski definition) is 9. The average molecular weight is 653 g/mol. The van der Waals surface area contributed by atoms with Gasteiger partial charge in [-0.1, -0.05) is 78.5 Å². The summed E-state index contributed by atoms with van der Waals surface area (Å²) in [6.45, 7) is 0.520. The molecular formula is C34H32N6O4S2. The Labute approximate surface area is 275 Å². The Hall–Kier alpha value is -4.94. The fraction of sp³-hybridized carbons (Fsp3) is 0.206. The van der Waals surface area contributed by atoms with Crippen LogP contribution < -0.4 is 14.8 Å². The van der Waals surface area contributed by atoms with Crippen molar-refractivity contribution in [1.29, 1.82) is 0 Å². The molecule has 0 saturated heterocycles. The van der Waals surface area contributed by atoms with Crippen molar-refractivity contribution in [2.75, 3.05) is 19.5 Å². The monoisotopic (exact) mass is 652 g/mol. The van der Waals surface area contributed by atoms with E-state index in [1.165, 1.54) is 11.8 Å². The number of carbonyl (C=O) groups is 2. The highest BCUT2D eigenvalue weighted by Crippen LogP contribution is 2.35. The molecule has 0 fully saturated rings. The zero-order valence-corrected chi connectivity index (χ0v) is 26.7. The fourth-order valence-electron chi connectivity index (χ4n) is 4.99. The van der Waals surface area contributed by atoms with E-state index < -0.39 is 0 Å². The van der Waals surface area contributed by atoms with E-state index in [2.05, 4.69) is 15.5 Å². The second-order valence-corrected chi connectivity index (χ2v) is 12.3. The number of amides is 2. The molecule has 12 heteroatoms. The van der Waals surface area contributed by atoms with Crippen molar-refractivity contribution < 1.29 is 19.1 Å². The summed E-state index contributed by atoms with van der Waals surface area (Å²) < 4.78 is 12.8. The standard InChI is InChI=1S/C34H32N6O4S2/c1-43-26-16-14-25(15-17-26)29-19-28(30-13-8-18-45-30)38-40(29)33(42)23-46-34-37-36-31(39(34)21-24-9-4-2-5-10-24)20-35-32(41)22-44-27-11-6-3-7-12-27/h2-18,29H,19-23H2,1H3,(H,35,41)/t29-/m0/s1. The Morgan fingerprint density at radius 2 is 1.70 bits per heavy atom. The second kappa shape index (κ2) is 14.9. The van der Waals surface area contributed by atoms with Crippen LogP contribution in [0.4, 0.5) is 0 Å². The summed E-state index contributed by atoms with van der Waals surface area (Å²) in [5.74, 6) is 1.63. The maximum Gasteiger partial charge on any atom is 0.258 e. The zero-order valence-electron chi connectivity index (χ0n) is 25.1. The van der Waals surface area contributed by atoms with Gasteiger partial charge in [0.05, 0.1) is 42.6 Å². The SMILES string of the molecule is COc1ccc([C@@H]2CC(c3cccs3)=NN2C(=O)CSc2nnc(CNC(=O)COc3ccccc3)n2Cc2ccccc2)cc1. The molecule has 2 aromatic heterocycles. The maximum absolute atomic E-state index is 13.8. The highest BCUT2D eigenvalue weighted by atomic mass is 32.2. The first kappa shape index (κ1) is 31.1. The van der Waals surface area contributed by atoms with Gasteiger partial charge in [-0.2, -0.15) is 5.10 Å². The van der Waals surface area contributed by atoms with Crippen molar-refractivity contribution in [3.05, 3.63) is 124 Å². The predicted octanol–water partition coefficient (Wildman–Crippen LogP) is 5.56. The minimum absolute atomic E-state index is 0.109. The molecule has 1 atom stereocenters. The lowest BCUT2D eigenvalue weighted by atomic mass is 10.0. The lowest BCUT2D eigenvalue weighted by Gasteiger charge is -2.22.